The summed E-state index contributed by atoms with van der Waals surface area (Å²) >= 11 is 5.85. The minimum Gasteiger partial charge on any atom is -0.368 e. The number of aromatic nitrogens is 2. The van der Waals surface area contributed by atoms with Crippen LogP contribution in [-0.2, 0) is 0 Å². The molecule has 1 aromatic heterocycles. The summed E-state index contributed by atoms with van der Waals surface area (Å²) in [5, 5.41) is 11.6. The van der Waals surface area contributed by atoms with Gasteiger partial charge in [-0.3, -0.25) is 0 Å². The van der Waals surface area contributed by atoms with Gasteiger partial charge in [-0.15, -0.1) is 10.2 Å². The highest BCUT2D eigenvalue weighted by Crippen LogP contribution is 2.20. The topological polar surface area (TPSA) is 37.8 Å². The highest BCUT2D eigenvalue weighted by atomic mass is 35.5. The minimum absolute atomic E-state index is 0.489. The lowest BCUT2D eigenvalue weighted by atomic mass is 10.2. The first-order chi connectivity index (χ1) is 6.66. The fourth-order valence-electron chi connectivity index (χ4n) is 1.13. The largest absolute Gasteiger partial charge is 0.368 e. The third-order valence-electron chi connectivity index (χ3n) is 2.29. The Morgan fingerprint density at radius 2 is 1.93 bits per heavy atom. The van der Waals surface area contributed by atoms with Crippen LogP contribution in [0.15, 0.2) is 0 Å². The Hall–Kier alpha value is -0.830. The molecule has 0 aliphatic heterocycles. The molecule has 0 fully saturated rings. The van der Waals surface area contributed by atoms with Gasteiger partial charge in [-0.2, -0.15) is 0 Å². The van der Waals surface area contributed by atoms with Crippen LogP contribution in [0.4, 0.5) is 5.82 Å². The average molecular weight is 214 g/mol. The highest BCUT2D eigenvalue weighted by Gasteiger charge is 2.06. The van der Waals surface area contributed by atoms with Crippen LogP contribution in [0.1, 0.15) is 30.9 Å². The molecule has 0 aliphatic rings. The molecule has 3 nitrogen and oxygen atoms in total. The van der Waals surface area contributed by atoms with Crippen LogP contribution >= 0.6 is 11.6 Å². The lowest BCUT2D eigenvalue weighted by Crippen LogP contribution is -2.07. The number of nitrogens with zero attached hydrogens (tertiary/aromatic N) is 2. The number of halogens is 1. The molecule has 0 aromatic carbocycles. The maximum Gasteiger partial charge on any atom is 0.155 e. The molecule has 0 saturated carbocycles. The molecular weight excluding hydrogens is 198 g/mol. The number of anilines is 1. The minimum atomic E-state index is 0.489. The molecule has 0 radical (unpaired) electrons. The number of rotatable bonds is 4. The molecule has 0 aliphatic carbocycles. The van der Waals surface area contributed by atoms with Crippen molar-refractivity contribution in [2.45, 2.75) is 33.6 Å². The molecule has 0 unspecified atom stereocenters. The molecule has 0 amide bonds. The van der Waals surface area contributed by atoms with Gasteiger partial charge in [-0.25, -0.2) is 0 Å². The monoisotopic (exact) mass is 213 g/mol. The SMILES string of the molecule is CCCCNc1nnc(Cl)c(C)c1C. The van der Waals surface area contributed by atoms with Gasteiger partial charge in [0, 0.05) is 6.54 Å². The van der Waals surface area contributed by atoms with E-state index in [0.29, 0.717) is 5.15 Å². The predicted octanol–water partition coefficient (Wildman–Crippen LogP) is 2.96. The van der Waals surface area contributed by atoms with Gasteiger partial charge in [0.1, 0.15) is 0 Å². The first-order valence-corrected chi connectivity index (χ1v) is 5.27. The van der Waals surface area contributed by atoms with Crippen LogP contribution in [0, 0.1) is 13.8 Å². The second-order valence-corrected chi connectivity index (χ2v) is 3.73. The van der Waals surface area contributed by atoms with E-state index in [1.807, 2.05) is 13.8 Å². The van der Waals surface area contributed by atoms with Crippen LogP contribution in [0.2, 0.25) is 5.15 Å². The third-order valence-corrected chi connectivity index (χ3v) is 2.65. The third kappa shape index (κ3) is 2.58. The van der Waals surface area contributed by atoms with Gasteiger partial charge in [0.25, 0.3) is 0 Å². The van der Waals surface area contributed by atoms with Gasteiger partial charge in [-0.1, -0.05) is 24.9 Å². The summed E-state index contributed by atoms with van der Waals surface area (Å²) in [6.45, 7) is 7.06. The zero-order valence-electron chi connectivity index (χ0n) is 8.89. The van der Waals surface area contributed by atoms with E-state index < -0.39 is 0 Å². The summed E-state index contributed by atoms with van der Waals surface area (Å²) in [6.07, 6.45) is 2.31. The lowest BCUT2D eigenvalue weighted by molar-refractivity contribution is 0.824. The van der Waals surface area contributed by atoms with Crippen molar-refractivity contribution in [3.05, 3.63) is 16.3 Å². The summed E-state index contributed by atoms with van der Waals surface area (Å²) in [5.41, 5.74) is 2.08. The van der Waals surface area contributed by atoms with E-state index in [-0.39, 0.29) is 0 Å². The first kappa shape index (κ1) is 11.2. The maximum atomic E-state index is 5.85. The van der Waals surface area contributed by atoms with Crippen LogP contribution in [0.3, 0.4) is 0 Å². The fourth-order valence-corrected chi connectivity index (χ4v) is 1.31. The normalized spacial score (nSPS) is 10.3. The molecule has 4 heteroatoms. The average Bonchev–Trinajstić information content (AvgIpc) is 2.18. The Balaban J connectivity index is 2.73. The fraction of sp³-hybridized carbons (Fsp3) is 0.600. The first-order valence-electron chi connectivity index (χ1n) is 4.90. The van der Waals surface area contributed by atoms with E-state index in [2.05, 4.69) is 22.4 Å². The molecule has 0 spiro atoms. The molecular formula is C10H16ClN3. The molecule has 1 aromatic rings. The van der Waals surface area contributed by atoms with Gasteiger partial charge in [-0.05, 0) is 31.4 Å². The van der Waals surface area contributed by atoms with E-state index >= 15 is 0 Å². The van der Waals surface area contributed by atoms with Gasteiger partial charge in [0.05, 0.1) is 0 Å². The van der Waals surface area contributed by atoms with Gasteiger partial charge < -0.3 is 5.32 Å². The highest BCUT2D eigenvalue weighted by molar-refractivity contribution is 6.30. The van der Waals surface area contributed by atoms with Crippen LogP contribution in [0.25, 0.3) is 0 Å². The summed E-state index contributed by atoms with van der Waals surface area (Å²) < 4.78 is 0. The Kier molecular flexibility index (Phi) is 4.14. The molecule has 14 heavy (non-hydrogen) atoms. The molecule has 1 N–H and O–H groups in total. The van der Waals surface area contributed by atoms with E-state index in [0.717, 1.165) is 29.9 Å². The van der Waals surface area contributed by atoms with E-state index in [4.69, 9.17) is 11.6 Å². The van der Waals surface area contributed by atoms with Crippen molar-refractivity contribution in [2.24, 2.45) is 0 Å². The van der Waals surface area contributed by atoms with Crippen LogP contribution in [0.5, 0.6) is 0 Å². The van der Waals surface area contributed by atoms with Crippen molar-refractivity contribution in [3.63, 3.8) is 0 Å². The maximum absolute atomic E-state index is 5.85. The molecule has 1 rings (SSSR count). The molecule has 1 heterocycles. The number of nitrogens with one attached hydrogen (secondary N) is 1. The standard InChI is InChI=1S/C10H16ClN3/c1-4-5-6-12-10-8(3)7(2)9(11)13-14-10/h4-6H2,1-3H3,(H,12,14). The summed E-state index contributed by atoms with van der Waals surface area (Å²) in [4.78, 5) is 0. The zero-order chi connectivity index (χ0) is 10.6. The van der Waals surface area contributed by atoms with Crippen LogP contribution < -0.4 is 5.32 Å². The molecule has 78 valence electrons. The van der Waals surface area contributed by atoms with Gasteiger partial charge in [0.15, 0.2) is 11.0 Å². The van der Waals surface area contributed by atoms with Crippen molar-refractivity contribution in [1.29, 1.82) is 0 Å². The van der Waals surface area contributed by atoms with E-state index in [9.17, 15) is 0 Å². The van der Waals surface area contributed by atoms with Gasteiger partial charge in [0.2, 0.25) is 0 Å². The number of hydrogen-bond acceptors (Lipinski definition) is 3. The summed E-state index contributed by atoms with van der Waals surface area (Å²) in [7, 11) is 0. The summed E-state index contributed by atoms with van der Waals surface area (Å²) in [6, 6.07) is 0. The molecule has 0 saturated heterocycles. The van der Waals surface area contributed by atoms with Gasteiger partial charge >= 0.3 is 0 Å². The van der Waals surface area contributed by atoms with Crippen molar-refractivity contribution in [2.75, 3.05) is 11.9 Å². The molecule has 0 bridgehead atoms. The Bertz CT molecular complexity index is 312. The van der Waals surface area contributed by atoms with Crippen LogP contribution in [-0.4, -0.2) is 16.7 Å². The zero-order valence-corrected chi connectivity index (χ0v) is 9.65. The molecule has 0 atom stereocenters. The summed E-state index contributed by atoms with van der Waals surface area (Å²) in [5.74, 6) is 0.848. The second-order valence-electron chi connectivity index (χ2n) is 3.37. The van der Waals surface area contributed by atoms with E-state index in [1.54, 1.807) is 0 Å². The Morgan fingerprint density at radius 3 is 2.57 bits per heavy atom. The van der Waals surface area contributed by atoms with Crippen molar-refractivity contribution < 1.29 is 0 Å². The number of hydrogen-bond donors (Lipinski definition) is 1. The Morgan fingerprint density at radius 1 is 1.21 bits per heavy atom. The van der Waals surface area contributed by atoms with Crippen molar-refractivity contribution >= 4 is 17.4 Å². The Labute approximate surface area is 89.9 Å². The number of unbranched alkanes of at least 4 members (excludes halogenated alkanes) is 1. The van der Waals surface area contributed by atoms with Crippen molar-refractivity contribution in [3.8, 4) is 0 Å². The lowest BCUT2D eigenvalue weighted by Gasteiger charge is -2.09. The van der Waals surface area contributed by atoms with Crippen molar-refractivity contribution in [1.82, 2.24) is 10.2 Å². The predicted molar refractivity (Wildman–Crippen MR) is 59.9 cm³/mol. The van der Waals surface area contributed by atoms with E-state index in [1.165, 1.54) is 6.42 Å². The smallest absolute Gasteiger partial charge is 0.155 e. The second kappa shape index (κ2) is 5.15. The quantitative estimate of drug-likeness (QED) is 0.782.